The van der Waals surface area contributed by atoms with Gasteiger partial charge in [-0.1, -0.05) is 198 Å². The van der Waals surface area contributed by atoms with Crippen molar-refractivity contribution in [2.45, 2.75) is 277 Å². The predicted octanol–water partition coefficient (Wildman–Crippen LogP) is 17.5. The molecule has 0 aromatic carbocycles. The van der Waals surface area contributed by atoms with Crippen LogP contribution < -0.4 is 0 Å². The molecule has 0 saturated heterocycles. The molecule has 0 aliphatic carbocycles. The molecule has 0 fully saturated rings. The molecular formula is C56H100O6. The second kappa shape index (κ2) is 51.0. The Morgan fingerprint density at radius 2 is 0.581 bits per heavy atom. The number of esters is 3. The zero-order valence-corrected chi connectivity index (χ0v) is 41.1. The van der Waals surface area contributed by atoms with Crippen molar-refractivity contribution in [2.75, 3.05) is 13.2 Å². The number of hydrogen-bond acceptors (Lipinski definition) is 6. The number of carbonyl (C=O) groups excluding carboxylic acids is 3. The molecule has 0 aliphatic rings. The Hall–Kier alpha value is -2.63. The second-order valence-electron chi connectivity index (χ2n) is 17.8. The summed E-state index contributed by atoms with van der Waals surface area (Å²) in [5.41, 5.74) is 0. The van der Waals surface area contributed by atoms with Gasteiger partial charge >= 0.3 is 17.9 Å². The van der Waals surface area contributed by atoms with Crippen LogP contribution in [-0.2, 0) is 28.6 Å². The minimum atomic E-state index is -0.785. The van der Waals surface area contributed by atoms with E-state index in [4.69, 9.17) is 14.2 Å². The van der Waals surface area contributed by atoms with Crippen molar-refractivity contribution >= 4 is 17.9 Å². The molecule has 6 heteroatoms. The molecule has 62 heavy (non-hydrogen) atoms. The van der Waals surface area contributed by atoms with E-state index < -0.39 is 6.10 Å². The maximum Gasteiger partial charge on any atom is 0.306 e. The summed E-state index contributed by atoms with van der Waals surface area (Å²) in [5.74, 6) is -0.908. The Kier molecular flexibility index (Phi) is 48.8. The number of allylic oxidation sites excluding steroid dienone is 8. The topological polar surface area (TPSA) is 78.9 Å². The van der Waals surface area contributed by atoms with Gasteiger partial charge in [-0.2, -0.15) is 0 Å². The Morgan fingerprint density at radius 1 is 0.323 bits per heavy atom. The normalized spacial score (nSPS) is 12.4. The number of hydrogen-bond donors (Lipinski definition) is 0. The third-order valence-corrected chi connectivity index (χ3v) is 11.5. The highest BCUT2D eigenvalue weighted by atomic mass is 16.6. The molecule has 0 aliphatic heterocycles. The standard InChI is InChI=1S/C56H100O6/c1-4-7-10-13-16-19-22-25-27-29-31-34-37-40-43-46-49-55(58)61-52-53(51-60-54(57)48-45-42-39-36-33-30-24-21-18-15-12-9-6-3)62-56(59)50-47-44-41-38-35-32-28-26-23-20-17-14-11-8-5-2/h19,21-22,24,26-29,53H,4-18,20,23,25,30-52H2,1-3H3/b22-19-,24-21-,28-26-,29-27-. The summed E-state index contributed by atoms with van der Waals surface area (Å²) in [7, 11) is 0. The van der Waals surface area contributed by atoms with E-state index in [1.54, 1.807) is 0 Å². The summed E-state index contributed by atoms with van der Waals surface area (Å²) in [4.78, 5) is 38.0. The van der Waals surface area contributed by atoms with E-state index in [0.29, 0.717) is 19.3 Å². The van der Waals surface area contributed by atoms with Crippen LogP contribution in [0, 0.1) is 0 Å². The van der Waals surface area contributed by atoms with Crippen LogP contribution in [0.2, 0.25) is 0 Å². The fraction of sp³-hybridized carbons (Fsp3) is 0.804. The smallest absolute Gasteiger partial charge is 0.306 e. The highest BCUT2D eigenvalue weighted by Crippen LogP contribution is 2.14. The van der Waals surface area contributed by atoms with Crippen LogP contribution in [0.15, 0.2) is 48.6 Å². The summed E-state index contributed by atoms with van der Waals surface area (Å²) in [6.45, 7) is 6.59. The van der Waals surface area contributed by atoms with Crippen molar-refractivity contribution < 1.29 is 28.6 Å². The van der Waals surface area contributed by atoms with Gasteiger partial charge in [0.05, 0.1) is 0 Å². The first kappa shape index (κ1) is 59.4. The van der Waals surface area contributed by atoms with Crippen LogP contribution in [0.1, 0.15) is 271 Å². The Morgan fingerprint density at radius 3 is 0.919 bits per heavy atom. The van der Waals surface area contributed by atoms with E-state index in [9.17, 15) is 14.4 Å². The molecule has 0 N–H and O–H groups in total. The van der Waals surface area contributed by atoms with Gasteiger partial charge in [-0.3, -0.25) is 14.4 Å². The van der Waals surface area contributed by atoms with Crippen LogP contribution in [0.5, 0.6) is 0 Å². The molecule has 0 amide bonds. The van der Waals surface area contributed by atoms with Gasteiger partial charge in [0.1, 0.15) is 13.2 Å². The molecule has 0 radical (unpaired) electrons. The lowest BCUT2D eigenvalue weighted by molar-refractivity contribution is -0.167. The molecule has 0 rings (SSSR count). The van der Waals surface area contributed by atoms with Gasteiger partial charge in [0, 0.05) is 19.3 Å². The summed E-state index contributed by atoms with van der Waals surface area (Å²) >= 11 is 0. The SMILES string of the molecule is CCCCCC/C=C\C/C=C\CCCCCCCC(=O)OCC(COC(=O)CCCCCCC/C=C\CCCCCC)OC(=O)CCCCCCC/C=C\CCCCCCCC. The zero-order valence-electron chi connectivity index (χ0n) is 41.1. The number of ether oxygens (including phenoxy) is 3. The average molecular weight is 869 g/mol. The second-order valence-corrected chi connectivity index (χ2v) is 17.8. The van der Waals surface area contributed by atoms with E-state index in [-0.39, 0.29) is 31.1 Å². The maximum absolute atomic E-state index is 12.8. The van der Waals surface area contributed by atoms with Crippen LogP contribution in [0.3, 0.4) is 0 Å². The van der Waals surface area contributed by atoms with E-state index in [0.717, 1.165) is 96.3 Å². The minimum Gasteiger partial charge on any atom is -0.462 e. The molecular weight excluding hydrogens is 769 g/mol. The summed E-state index contributed by atoms with van der Waals surface area (Å²) in [5, 5.41) is 0. The number of carbonyl (C=O) groups is 3. The summed E-state index contributed by atoms with van der Waals surface area (Å²) in [6, 6.07) is 0. The van der Waals surface area contributed by atoms with Gasteiger partial charge in [0.2, 0.25) is 0 Å². The highest BCUT2D eigenvalue weighted by molar-refractivity contribution is 5.71. The van der Waals surface area contributed by atoms with Gasteiger partial charge in [-0.25, -0.2) is 0 Å². The van der Waals surface area contributed by atoms with E-state index in [1.165, 1.54) is 135 Å². The van der Waals surface area contributed by atoms with Gasteiger partial charge in [-0.15, -0.1) is 0 Å². The molecule has 1 unspecified atom stereocenters. The van der Waals surface area contributed by atoms with E-state index >= 15 is 0 Å². The fourth-order valence-corrected chi connectivity index (χ4v) is 7.46. The van der Waals surface area contributed by atoms with Crippen LogP contribution in [0.25, 0.3) is 0 Å². The van der Waals surface area contributed by atoms with Gasteiger partial charge in [0.15, 0.2) is 6.10 Å². The van der Waals surface area contributed by atoms with E-state index in [1.807, 2.05) is 0 Å². The van der Waals surface area contributed by atoms with Crippen LogP contribution >= 0.6 is 0 Å². The molecule has 0 heterocycles. The van der Waals surface area contributed by atoms with Crippen molar-refractivity contribution in [1.29, 1.82) is 0 Å². The van der Waals surface area contributed by atoms with Crippen LogP contribution in [0.4, 0.5) is 0 Å². The Balaban J connectivity index is 4.41. The average Bonchev–Trinajstić information content (AvgIpc) is 3.27. The predicted molar refractivity (Wildman–Crippen MR) is 265 cm³/mol. The number of rotatable bonds is 48. The third-order valence-electron chi connectivity index (χ3n) is 11.5. The van der Waals surface area contributed by atoms with Crippen molar-refractivity contribution in [2.24, 2.45) is 0 Å². The quantitative estimate of drug-likeness (QED) is 0.0262. The molecule has 1 atom stereocenters. The molecule has 0 aromatic rings. The Labute approximate surface area is 384 Å². The monoisotopic (exact) mass is 869 g/mol. The third kappa shape index (κ3) is 48.4. The molecule has 360 valence electrons. The molecule has 6 nitrogen and oxygen atoms in total. The van der Waals surface area contributed by atoms with Crippen molar-refractivity contribution in [3.8, 4) is 0 Å². The van der Waals surface area contributed by atoms with Crippen molar-refractivity contribution in [3.05, 3.63) is 48.6 Å². The van der Waals surface area contributed by atoms with Gasteiger partial charge in [-0.05, 0) is 103 Å². The lowest BCUT2D eigenvalue weighted by atomic mass is 10.1. The summed E-state index contributed by atoms with van der Waals surface area (Å²) in [6.07, 6.45) is 60.9. The highest BCUT2D eigenvalue weighted by Gasteiger charge is 2.19. The summed E-state index contributed by atoms with van der Waals surface area (Å²) < 4.78 is 16.8. The molecule has 0 spiro atoms. The van der Waals surface area contributed by atoms with Gasteiger partial charge in [0.25, 0.3) is 0 Å². The minimum absolute atomic E-state index is 0.0845. The molecule has 0 saturated carbocycles. The zero-order chi connectivity index (χ0) is 45.1. The molecule has 0 aromatic heterocycles. The van der Waals surface area contributed by atoms with Crippen molar-refractivity contribution in [3.63, 3.8) is 0 Å². The lowest BCUT2D eigenvalue weighted by Gasteiger charge is -2.18. The first-order chi connectivity index (χ1) is 30.5. The lowest BCUT2D eigenvalue weighted by Crippen LogP contribution is -2.30. The van der Waals surface area contributed by atoms with Gasteiger partial charge < -0.3 is 14.2 Å². The van der Waals surface area contributed by atoms with Crippen molar-refractivity contribution in [1.82, 2.24) is 0 Å². The first-order valence-electron chi connectivity index (χ1n) is 26.6. The fourth-order valence-electron chi connectivity index (χ4n) is 7.46. The largest absolute Gasteiger partial charge is 0.462 e. The number of unbranched alkanes of at least 4 members (excludes halogenated alkanes) is 29. The maximum atomic E-state index is 12.8. The Bertz CT molecular complexity index is 1090. The van der Waals surface area contributed by atoms with Crippen LogP contribution in [-0.4, -0.2) is 37.2 Å². The first-order valence-corrected chi connectivity index (χ1v) is 26.6. The molecule has 0 bridgehead atoms. The van der Waals surface area contributed by atoms with E-state index in [2.05, 4.69) is 69.4 Å².